The topological polar surface area (TPSA) is 72.3 Å². The fourth-order valence-electron chi connectivity index (χ4n) is 1.44. The van der Waals surface area contributed by atoms with Crippen LogP contribution in [0.2, 0.25) is 0 Å². The average Bonchev–Trinajstić information content (AvgIpc) is 2.04. The van der Waals surface area contributed by atoms with Gasteiger partial charge < -0.3 is 16.4 Å². The molecule has 1 amide bonds. The van der Waals surface area contributed by atoms with Gasteiger partial charge in [-0.3, -0.25) is 4.79 Å². The molecular weight excluding hydrogens is 154 g/mol. The molecule has 1 heterocycles. The maximum atomic E-state index is 11.3. The summed E-state index contributed by atoms with van der Waals surface area (Å²) < 4.78 is 0. The van der Waals surface area contributed by atoms with Gasteiger partial charge in [-0.1, -0.05) is 6.92 Å². The highest BCUT2D eigenvalue weighted by Crippen LogP contribution is 2.15. The maximum Gasteiger partial charge on any atom is 0.254 e. The summed E-state index contributed by atoms with van der Waals surface area (Å²) in [6, 6.07) is 0. The van der Waals surface area contributed by atoms with E-state index in [4.69, 9.17) is 11.5 Å². The molecule has 0 atom stereocenters. The minimum Gasteiger partial charge on any atom is -0.340 e. The van der Waals surface area contributed by atoms with E-state index >= 15 is 0 Å². The lowest BCUT2D eigenvalue weighted by Crippen LogP contribution is -2.51. The van der Waals surface area contributed by atoms with Gasteiger partial charge in [-0.15, -0.1) is 0 Å². The van der Waals surface area contributed by atoms with Crippen LogP contribution in [0.25, 0.3) is 0 Å². The highest BCUT2D eigenvalue weighted by atomic mass is 16.2. The SMILES string of the molecule is CC1CCN(C(=O)C(N)N)CC1. The van der Waals surface area contributed by atoms with Crippen molar-refractivity contribution in [3.63, 3.8) is 0 Å². The van der Waals surface area contributed by atoms with Crippen LogP contribution in [0.5, 0.6) is 0 Å². The summed E-state index contributed by atoms with van der Waals surface area (Å²) in [7, 11) is 0. The van der Waals surface area contributed by atoms with E-state index in [1.165, 1.54) is 0 Å². The van der Waals surface area contributed by atoms with E-state index in [1.807, 2.05) is 0 Å². The number of nitrogens with two attached hydrogens (primary N) is 2. The lowest BCUT2D eigenvalue weighted by Gasteiger charge is -2.31. The average molecular weight is 171 g/mol. The summed E-state index contributed by atoms with van der Waals surface area (Å²) in [5, 5.41) is 0. The van der Waals surface area contributed by atoms with Gasteiger partial charge in [0.25, 0.3) is 5.91 Å². The number of carbonyl (C=O) groups is 1. The number of nitrogens with zero attached hydrogens (tertiary/aromatic N) is 1. The van der Waals surface area contributed by atoms with Gasteiger partial charge in [0.15, 0.2) is 0 Å². The lowest BCUT2D eigenvalue weighted by molar-refractivity contribution is -0.133. The largest absolute Gasteiger partial charge is 0.340 e. The van der Waals surface area contributed by atoms with Gasteiger partial charge in [0.2, 0.25) is 0 Å². The van der Waals surface area contributed by atoms with Gasteiger partial charge in [-0.05, 0) is 18.8 Å². The van der Waals surface area contributed by atoms with Crippen molar-refractivity contribution in [2.75, 3.05) is 13.1 Å². The summed E-state index contributed by atoms with van der Waals surface area (Å²) in [5.74, 6) is 0.602. The first-order chi connectivity index (χ1) is 5.61. The molecule has 0 saturated carbocycles. The normalized spacial score (nSPS) is 20.2. The van der Waals surface area contributed by atoms with Crippen LogP contribution >= 0.6 is 0 Å². The predicted molar refractivity (Wildman–Crippen MR) is 47.1 cm³/mol. The molecule has 0 aliphatic carbocycles. The van der Waals surface area contributed by atoms with E-state index in [2.05, 4.69) is 6.92 Å². The fourth-order valence-corrected chi connectivity index (χ4v) is 1.44. The van der Waals surface area contributed by atoms with Crippen molar-refractivity contribution < 1.29 is 4.79 Å². The van der Waals surface area contributed by atoms with Gasteiger partial charge in [-0.25, -0.2) is 0 Å². The highest BCUT2D eigenvalue weighted by molar-refractivity contribution is 5.80. The number of piperidine rings is 1. The minimum atomic E-state index is -0.835. The molecule has 1 aliphatic rings. The van der Waals surface area contributed by atoms with E-state index in [-0.39, 0.29) is 5.91 Å². The first kappa shape index (κ1) is 9.48. The summed E-state index contributed by atoms with van der Waals surface area (Å²) in [4.78, 5) is 13.0. The van der Waals surface area contributed by atoms with Crippen LogP contribution in [-0.2, 0) is 4.79 Å². The second kappa shape index (κ2) is 3.87. The van der Waals surface area contributed by atoms with Crippen LogP contribution in [0.4, 0.5) is 0 Å². The molecule has 12 heavy (non-hydrogen) atoms. The van der Waals surface area contributed by atoms with E-state index in [1.54, 1.807) is 4.90 Å². The molecule has 4 heteroatoms. The molecule has 1 saturated heterocycles. The quantitative estimate of drug-likeness (QED) is 0.522. The first-order valence-corrected chi connectivity index (χ1v) is 4.41. The Balaban J connectivity index is 2.39. The molecule has 0 aromatic carbocycles. The molecule has 4 nitrogen and oxygen atoms in total. The highest BCUT2D eigenvalue weighted by Gasteiger charge is 2.22. The number of rotatable bonds is 1. The van der Waals surface area contributed by atoms with E-state index in [9.17, 15) is 4.79 Å². The molecule has 1 aliphatic heterocycles. The van der Waals surface area contributed by atoms with Gasteiger partial charge in [0.05, 0.1) is 0 Å². The van der Waals surface area contributed by atoms with Crippen molar-refractivity contribution in [3.8, 4) is 0 Å². The van der Waals surface area contributed by atoms with E-state index in [0.717, 1.165) is 31.8 Å². The van der Waals surface area contributed by atoms with Gasteiger partial charge >= 0.3 is 0 Å². The van der Waals surface area contributed by atoms with Crippen LogP contribution in [0.15, 0.2) is 0 Å². The van der Waals surface area contributed by atoms with Crippen LogP contribution in [0.3, 0.4) is 0 Å². The summed E-state index contributed by atoms with van der Waals surface area (Å²) in [5.41, 5.74) is 10.6. The summed E-state index contributed by atoms with van der Waals surface area (Å²) in [6.07, 6.45) is 1.30. The Morgan fingerprint density at radius 1 is 1.42 bits per heavy atom. The molecule has 0 radical (unpaired) electrons. The fraction of sp³-hybridized carbons (Fsp3) is 0.875. The van der Waals surface area contributed by atoms with Gasteiger partial charge in [0, 0.05) is 13.1 Å². The standard InChI is InChI=1S/C8H17N3O/c1-6-2-4-11(5-3-6)8(12)7(9)10/h6-7H,2-5,9-10H2,1H3. The molecule has 0 spiro atoms. The zero-order chi connectivity index (χ0) is 9.14. The molecular formula is C8H17N3O. The number of likely N-dealkylation sites (tertiary alicyclic amines) is 1. The molecule has 1 rings (SSSR count). The molecule has 0 aromatic rings. The molecule has 0 aromatic heterocycles. The van der Waals surface area contributed by atoms with E-state index in [0.29, 0.717) is 0 Å². The predicted octanol–water partition coefficient (Wildman–Crippen LogP) is -0.512. The molecule has 0 unspecified atom stereocenters. The monoisotopic (exact) mass is 171 g/mol. The molecule has 70 valence electrons. The Morgan fingerprint density at radius 2 is 1.92 bits per heavy atom. The van der Waals surface area contributed by atoms with Crippen molar-refractivity contribution >= 4 is 5.91 Å². The van der Waals surface area contributed by atoms with Crippen molar-refractivity contribution in [1.29, 1.82) is 0 Å². The van der Waals surface area contributed by atoms with Crippen molar-refractivity contribution in [1.82, 2.24) is 4.90 Å². The zero-order valence-electron chi connectivity index (χ0n) is 7.49. The van der Waals surface area contributed by atoms with Crippen LogP contribution < -0.4 is 11.5 Å². The second-order valence-corrected chi connectivity index (χ2v) is 3.53. The lowest BCUT2D eigenvalue weighted by atomic mass is 9.99. The minimum absolute atomic E-state index is 0.123. The number of carbonyl (C=O) groups excluding carboxylic acids is 1. The molecule has 1 fully saturated rings. The molecule has 0 bridgehead atoms. The Hall–Kier alpha value is -0.610. The zero-order valence-corrected chi connectivity index (χ0v) is 7.49. The van der Waals surface area contributed by atoms with Gasteiger partial charge in [0.1, 0.15) is 6.17 Å². The maximum absolute atomic E-state index is 11.3. The third-order valence-electron chi connectivity index (χ3n) is 2.38. The Bertz CT molecular complexity index is 162. The van der Waals surface area contributed by atoms with Crippen LogP contribution in [0, 0.1) is 5.92 Å². The second-order valence-electron chi connectivity index (χ2n) is 3.53. The number of hydrogen-bond donors (Lipinski definition) is 2. The third kappa shape index (κ3) is 2.19. The van der Waals surface area contributed by atoms with Crippen molar-refractivity contribution in [2.45, 2.75) is 25.9 Å². The van der Waals surface area contributed by atoms with E-state index < -0.39 is 6.17 Å². The summed E-state index contributed by atoms with van der Waals surface area (Å²) >= 11 is 0. The third-order valence-corrected chi connectivity index (χ3v) is 2.38. The van der Waals surface area contributed by atoms with Crippen molar-refractivity contribution in [2.24, 2.45) is 17.4 Å². The Kier molecular flexibility index (Phi) is 3.05. The molecule has 4 N–H and O–H groups in total. The van der Waals surface area contributed by atoms with Crippen LogP contribution in [0.1, 0.15) is 19.8 Å². The number of hydrogen-bond acceptors (Lipinski definition) is 3. The smallest absolute Gasteiger partial charge is 0.254 e. The first-order valence-electron chi connectivity index (χ1n) is 4.41. The Labute approximate surface area is 72.9 Å². The van der Waals surface area contributed by atoms with Gasteiger partial charge in [-0.2, -0.15) is 0 Å². The Morgan fingerprint density at radius 3 is 2.33 bits per heavy atom. The van der Waals surface area contributed by atoms with Crippen molar-refractivity contribution in [3.05, 3.63) is 0 Å². The number of amides is 1. The summed E-state index contributed by atoms with van der Waals surface area (Å²) in [6.45, 7) is 3.82. The van der Waals surface area contributed by atoms with Crippen LogP contribution in [-0.4, -0.2) is 30.1 Å².